The Bertz CT molecular complexity index is 1570. The van der Waals surface area contributed by atoms with E-state index in [0.29, 0.717) is 35.6 Å². The quantitative estimate of drug-likeness (QED) is 0.396. The highest BCUT2D eigenvalue weighted by atomic mass is 19.1. The molecule has 0 radical (unpaired) electrons. The average Bonchev–Trinajstić information content (AvgIpc) is 3.55. The molecule has 0 spiro atoms. The number of halogens is 1. The maximum Gasteiger partial charge on any atom is 0.410 e. The Morgan fingerprint density at radius 2 is 2.00 bits per heavy atom. The number of ether oxygens (including phenoxy) is 1. The second-order valence-corrected chi connectivity index (χ2v) is 11.0. The molecule has 1 saturated heterocycles. The van der Waals surface area contributed by atoms with Crippen LogP contribution in [-0.2, 0) is 11.8 Å². The molecule has 11 heteroatoms. The van der Waals surface area contributed by atoms with Crippen LogP contribution in [0.5, 0.6) is 0 Å². The van der Waals surface area contributed by atoms with E-state index in [-0.39, 0.29) is 23.7 Å². The Labute approximate surface area is 226 Å². The number of amides is 2. The first-order chi connectivity index (χ1) is 18.4. The van der Waals surface area contributed by atoms with E-state index in [2.05, 4.69) is 20.3 Å². The van der Waals surface area contributed by atoms with Crippen LogP contribution in [0.4, 0.5) is 20.6 Å². The number of hydrogen-bond donors (Lipinski definition) is 1. The van der Waals surface area contributed by atoms with Gasteiger partial charge >= 0.3 is 6.09 Å². The number of aromatic nitrogens is 4. The summed E-state index contributed by atoms with van der Waals surface area (Å²) in [5, 5.41) is 8.21. The van der Waals surface area contributed by atoms with Gasteiger partial charge < -0.3 is 24.3 Å². The number of aryl methyl sites for hydroxylation is 2. The fourth-order valence-electron chi connectivity index (χ4n) is 5.18. The Hall–Kier alpha value is -4.15. The summed E-state index contributed by atoms with van der Waals surface area (Å²) in [6.07, 6.45) is 5.72. The van der Waals surface area contributed by atoms with Crippen molar-refractivity contribution in [3.05, 3.63) is 53.9 Å². The standard InChI is InChI=1S/C28H34FN7O3/c1-7-36(27(38)39-28(3,4)5)19-10-11-34(15-19)23-9-8-20(24-21(23)16-33(6)32-24)26(37)31-18-12-22(29)25-30-17(2)13-35(25)14-18/h8-9,12-14,16,19H,7,10-11,15H2,1-6H3,(H,31,37)/t19-/m1/s1. The second kappa shape index (κ2) is 9.87. The van der Waals surface area contributed by atoms with E-state index in [1.54, 1.807) is 39.4 Å². The number of carbonyl (C=O) groups is 2. The number of nitrogens with one attached hydrogen (secondary N) is 1. The third kappa shape index (κ3) is 5.25. The normalized spacial score (nSPS) is 15.8. The molecule has 0 saturated carbocycles. The van der Waals surface area contributed by atoms with Crippen LogP contribution in [0, 0.1) is 12.7 Å². The summed E-state index contributed by atoms with van der Waals surface area (Å²) in [6, 6.07) is 4.93. The molecule has 206 valence electrons. The number of fused-ring (bicyclic) bond motifs is 2. The van der Waals surface area contributed by atoms with E-state index < -0.39 is 11.4 Å². The van der Waals surface area contributed by atoms with Gasteiger partial charge in [0.15, 0.2) is 11.5 Å². The van der Waals surface area contributed by atoms with Gasteiger partial charge in [-0.1, -0.05) is 0 Å². The fourth-order valence-corrected chi connectivity index (χ4v) is 5.18. The van der Waals surface area contributed by atoms with Crippen LogP contribution in [0.25, 0.3) is 16.6 Å². The maximum absolute atomic E-state index is 14.6. The Morgan fingerprint density at radius 3 is 2.72 bits per heavy atom. The van der Waals surface area contributed by atoms with E-state index >= 15 is 0 Å². The van der Waals surface area contributed by atoms with E-state index in [0.717, 1.165) is 24.0 Å². The number of rotatable bonds is 5. The van der Waals surface area contributed by atoms with Gasteiger partial charge in [0.05, 0.1) is 23.0 Å². The molecule has 4 heterocycles. The number of carbonyl (C=O) groups excluding carboxylic acids is 2. The zero-order valence-electron chi connectivity index (χ0n) is 23.2. The predicted molar refractivity (Wildman–Crippen MR) is 148 cm³/mol. The molecule has 0 aliphatic carbocycles. The van der Waals surface area contributed by atoms with Crippen molar-refractivity contribution in [1.82, 2.24) is 24.1 Å². The third-order valence-corrected chi connectivity index (χ3v) is 6.81. The van der Waals surface area contributed by atoms with Gasteiger partial charge in [-0.3, -0.25) is 9.48 Å². The van der Waals surface area contributed by atoms with Crippen LogP contribution in [0.3, 0.4) is 0 Å². The molecule has 1 aromatic carbocycles. The lowest BCUT2D eigenvalue weighted by Crippen LogP contribution is -2.44. The largest absolute Gasteiger partial charge is 0.444 e. The molecule has 1 atom stereocenters. The molecular formula is C28H34FN7O3. The van der Waals surface area contributed by atoms with Crippen molar-refractivity contribution in [2.45, 2.75) is 52.7 Å². The molecule has 2 amide bonds. The molecule has 0 bridgehead atoms. The summed E-state index contributed by atoms with van der Waals surface area (Å²) < 4.78 is 23.4. The Balaban J connectivity index is 1.39. The SMILES string of the molecule is CCN(C(=O)OC(C)(C)C)[C@@H]1CCN(c2ccc(C(=O)Nc3cc(F)c4nc(C)cn4c3)c3nn(C)cc23)C1. The molecule has 0 unspecified atom stereocenters. The van der Waals surface area contributed by atoms with Crippen LogP contribution in [0.15, 0.2) is 36.8 Å². The van der Waals surface area contributed by atoms with Gasteiger partial charge in [0.25, 0.3) is 5.91 Å². The summed E-state index contributed by atoms with van der Waals surface area (Å²) in [6.45, 7) is 11.3. The summed E-state index contributed by atoms with van der Waals surface area (Å²) >= 11 is 0. The number of pyridine rings is 1. The van der Waals surface area contributed by atoms with Crippen molar-refractivity contribution in [2.24, 2.45) is 7.05 Å². The Morgan fingerprint density at radius 1 is 1.23 bits per heavy atom. The minimum absolute atomic E-state index is 0.0103. The van der Waals surface area contributed by atoms with Crippen molar-refractivity contribution in [2.75, 3.05) is 29.9 Å². The molecule has 1 aliphatic rings. The molecule has 3 aromatic heterocycles. The van der Waals surface area contributed by atoms with Crippen LogP contribution >= 0.6 is 0 Å². The first kappa shape index (κ1) is 26.5. The smallest absolute Gasteiger partial charge is 0.410 e. The van der Waals surface area contributed by atoms with Gasteiger partial charge in [0.2, 0.25) is 0 Å². The molecule has 4 aromatic rings. The van der Waals surface area contributed by atoms with E-state index in [1.807, 2.05) is 47.0 Å². The molecule has 1 N–H and O–H groups in total. The zero-order chi connectivity index (χ0) is 28.1. The third-order valence-electron chi connectivity index (χ3n) is 6.81. The topological polar surface area (TPSA) is 97.0 Å². The van der Waals surface area contributed by atoms with Crippen molar-refractivity contribution < 1.29 is 18.7 Å². The van der Waals surface area contributed by atoms with Crippen LogP contribution < -0.4 is 10.2 Å². The van der Waals surface area contributed by atoms with Crippen LogP contribution in [0.2, 0.25) is 0 Å². The second-order valence-electron chi connectivity index (χ2n) is 11.0. The molecular weight excluding hydrogens is 501 g/mol. The summed E-state index contributed by atoms with van der Waals surface area (Å²) in [4.78, 5) is 34.3. The molecule has 39 heavy (non-hydrogen) atoms. The van der Waals surface area contributed by atoms with Crippen LogP contribution in [0.1, 0.15) is 50.2 Å². The van der Waals surface area contributed by atoms with Crippen molar-refractivity contribution in [1.29, 1.82) is 0 Å². The number of likely N-dealkylation sites (N-methyl/N-ethyl adjacent to an activating group) is 1. The monoisotopic (exact) mass is 535 g/mol. The molecule has 1 fully saturated rings. The van der Waals surface area contributed by atoms with Crippen molar-refractivity contribution >= 4 is 39.9 Å². The van der Waals surface area contributed by atoms with E-state index in [4.69, 9.17) is 4.74 Å². The van der Waals surface area contributed by atoms with Crippen molar-refractivity contribution in [3.8, 4) is 0 Å². The van der Waals surface area contributed by atoms with Crippen LogP contribution in [-0.4, -0.2) is 67.3 Å². The number of imidazole rings is 1. The number of anilines is 2. The minimum Gasteiger partial charge on any atom is -0.444 e. The van der Waals surface area contributed by atoms with E-state index in [1.165, 1.54) is 6.07 Å². The average molecular weight is 536 g/mol. The minimum atomic E-state index is -0.559. The van der Waals surface area contributed by atoms with Gasteiger partial charge in [0.1, 0.15) is 11.1 Å². The highest BCUT2D eigenvalue weighted by Crippen LogP contribution is 2.33. The molecule has 10 nitrogen and oxygen atoms in total. The van der Waals surface area contributed by atoms with Gasteiger partial charge in [0, 0.05) is 62.4 Å². The molecule has 5 rings (SSSR count). The van der Waals surface area contributed by atoms with Gasteiger partial charge in [-0.25, -0.2) is 14.2 Å². The number of benzene rings is 1. The van der Waals surface area contributed by atoms with Crippen molar-refractivity contribution in [3.63, 3.8) is 0 Å². The van der Waals surface area contributed by atoms with Gasteiger partial charge in [-0.15, -0.1) is 0 Å². The maximum atomic E-state index is 14.6. The van der Waals surface area contributed by atoms with E-state index in [9.17, 15) is 14.0 Å². The summed E-state index contributed by atoms with van der Waals surface area (Å²) in [5.41, 5.74) is 2.53. The molecule has 1 aliphatic heterocycles. The predicted octanol–water partition coefficient (Wildman–Crippen LogP) is 4.76. The highest BCUT2D eigenvalue weighted by Gasteiger charge is 2.33. The lowest BCUT2D eigenvalue weighted by Gasteiger charge is -2.31. The van der Waals surface area contributed by atoms with Gasteiger partial charge in [-0.2, -0.15) is 5.10 Å². The first-order valence-electron chi connectivity index (χ1n) is 13.1. The fraction of sp³-hybridized carbons (Fsp3) is 0.429. The lowest BCUT2D eigenvalue weighted by atomic mass is 10.1. The Kier molecular flexibility index (Phi) is 6.69. The highest BCUT2D eigenvalue weighted by molar-refractivity contribution is 6.13. The van der Waals surface area contributed by atoms with Gasteiger partial charge in [-0.05, 0) is 53.2 Å². The summed E-state index contributed by atoms with van der Waals surface area (Å²) in [5.74, 6) is -0.905. The first-order valence-corrected chi connectivity index (χ1v) is 13.1. The lowest BCUT2D eigenvalue weighted by molar-refractivity contribution is 0.0191. The zero-order valence-corrected chi connectivity index (χ0v) is 23.2. The summed E-state index contributed by atoms with van der Waals surface area (Å²) in [7, 11) is 1.81. The number of hydrogen-bond acceptors (Lipinski definition) is 6. The number of nitrogens with zero attached hydrogens (tertiary/aromatic N) is 6.